The maximum atomic E-state index is 11.3. The van der Waals surface area contributed by atoms with Crippen molar-refractivity contribution in [3.05, 3.63) is 0 Å². The molecule has 14 heavy (non-hydrogen) atoms. The smallest absolute Gasteiger partial charge is 0.315 e. The fraction of sp³-hybridized carbons (Fsp3) is 0.900. The van der Waals surface area contributed by atoms with Gasteiger partial charge in [0.1, 0.15) is 0 Å². The summed E-state index contributed by atoms with van der Waals surface area (Å²) in [6, 6.07) is 0.194. The lowest BCUT2D eigenvalue weighted by molar-refractivity contribution is 0.234. The summed E-state index contributed by atoms with van der Waals surface area (Å²) in [6.07, 6.45) is 5.64. The van der Waals surface area contributed by atoms with Crippen LogP contribution in [0.25, 0.3) is 0 Å². The van der Waals surface area contributed by atoms with E-state index >= 15 is 0 Å². The van der Waals surface area contributed by atoms with E-state index in [-0.39, 0.29) is 18.1 Å². The predicted octanol–water partition coefficient (Wildman–Crippen LogP) is 0.965. The van der Waals surface area contributed by atoms with Gasteiger partial charge >= 0.3 is 6.03 Å². The standard InChI is InChI=1S/C10H21N3O/c1-2-12-10(14)13-9-7-5-3-4-6-8(9)11/h8-9H,2-7,11H2,1H3,(H2,12,13,14). The van der Waals surface area contributed by atoms with Crippen LogP contribution < -0.4 is 16.4 Å². The predicted molar refractivity (Wildman–Crippen MR) is 57.1 cm³/mol. The van der Waals surface area contributed by atoms with Crippen LogP contribution in [0.3, 0.4) is 0 Å². The van der Waals surface area contributed by atoms with Gasteiger partial charge in [0, 0.05) is 18.6 Å². The highest BCUT2D eigenvalue weighted by molar-refractivity contribution is 5.74. The van der Waals surface area contributed by atoms with Gasteiger partial charge in [0.25, 0.3) is 0 Å². The number of nitrogens with one attached hydrogen (secondary N) is 2. The monoisotopic (exact) mass is 199 g/mol. The Hall–Kier alpha value is -0.770. The van der Waals surface area contributed by atoms with Crippen molar-refractivity contribution in [3.63, 3.8) is 0 Å². The van der Waals surface area contributed by atoms with Gasteiger partial charge in [0.05, 0.1) is 0 Å². The molecule has 0 radical (unpaired) electrons. The van der Waals surface area contributed by atoms with Crippen LogP contribution in [0.5, 0.6) is 0 Å². The van der Waals surface area contributed by atoms with Crippen molar-refractivity contribution in [2.45, 2.75) is 51.1 Å². The molecule has 4 heteroatoms. The topological polar surface area (TPSA) is 67.2 Å². The molecule has 1 aliphatic rings. The van der Waals surface area contributed by atoms with Gasteiger partial charge in [-0.1, -0.05) is 19.3 Å². The third-order valence-corrected chi connectivity index (χ3v) is 2.72. The molecule has 4 nitrogen and oxygen atoms in total. The van der Waals surface area contributed by atoms with Crippen LogP contribution in [0, 0.1) is 0 Å². The van der Waals surface area contributed by atoms with Crippen molar-refractivity contribution in [1.29, 1.82) is 0 Å². The molecular formula is C10H21N3O. The van der Waals surface area contributed by atoms with Gasteiger partial charge in [-0.25, -0.2) is 4.79 Å². The molecule has 2 amide bonds. The number of urea groups is 1. The van der Waals surface area contributed by atoms with E-state index < -0.39 is 0 Å². The third kappa shape index (κ3) is 3.54. The van der Waals surface area contributed by atoms with Gasteiger partial charge in [0.2, 0.25) is 0 Å². The zero-order valence-electron chi connectivity index (χ0n) is 8.88. The molecule has 0 spiro atoms. The van der Waals surface area contributed by atoms with E-state index in [1.165, 1.54) is 19.3 Å². The molecule has 0 aromatic heterocycles. The SMILES string of the molecule is CCNC(=O)NC1CCCCCC1N. The second kappa shape index (κ2) is 5.86. The summed E-state index contributed by atoms with van der Waals surface area (Å²) in [5.41, 5.74) is 5.98. The van der Waals surface area contributed by atoms with Crippen LogP contribution in [0.1, 0.15) is 39.0 Å². The lowest BCUT2D eigenvalue weighted by atomic mass is 10.0. The fourth-order valence-electron chi connectivity index (χ4n) is 1.90. The minimum Gasteiger partial charge on any atom is -0.338 e. The number of hydrogen-bond acceptors (Lipinski definition) is 2. The summed E-state index contributed by atoms with van der Waals surface area (Å²) in [7, 11) is 0. The lowest BCUT2D eigenvalue weighted by Gasteiger charge is -2.22. The van der Waals surface area contributed by atoms with Gasteiger partial charge in [-0.15, -0.1) is 0 Å². The zero-order valence-corrected chi connectivity index (χ0v) is 8.88. The molecule has 1 rings (SSSR count). The van der Waals surface area contributed by atoms with E-state index in [2.05, 4.69) is 10.6 Å². The molecule has 82 valence electrons. The number of nitrogens with two attached hydrogens (primary N) is 1. The maximum absolute atomic E-state index is 11.3. The second-order valence-corrected chi connectivity index (χ2v) is 3.91. The van der Waals surface area contributed by atoms with Crippen molar-refractivity contribution in [3.8, 4) is 0 Å². The Morgan fingerprint density at radius 3 is 2.79 bits per heavy atom. The summed E-state index contributed by atoms with van der Waals surface area (Å²) < 4.78 is 0. The van der Waals surface area contributed by atoms with Gasteiger partial charge in [-0.3, -0.25) is 0 Å². The van der Waals surface area contributed by atoms with E-state index in [0.29, 0.717) is 6.54 Å². The Kier molecular flexibility index (Phi) is 4.73. The van der Waals surface area contributed by atoms with Gasteiger partial charge in [0.15, 0.2) is 0 Å². The van der Waals surface area contributed by atoms with E-state index in [1.807, 2.05) is 6.92 Å². The van der Waals surface area contributed by atoms with E-state index in [9.17, 15) is 4.79 Å². The minimum absolute atomic E-state index is 0.0881. The van der Waals surface area contributed by atoms with Crippen molar-refractivity contribution < 1.29 is 4.79 Å². The Balaban J connectivity index is 2.36. The molecule has 0 aliphatic heterocycles. The largest absolute Gasteiger partial charge is 0.338 e. The molecule has 0 aromatic carbocycles. The molecule has 0 aromatic rings. The molecule has 0 saturated heterocycles. The van der Waals surface area contributed by atoms with Crippen LogP contribution in [-0.4, -0.2) is 24.7 Å². The summed E-state index contributed by atoms with van der Waals surface area (Å²) in [4.78, 5) is 11.3. The third-order valence-electron chi connectivity index (χ3n) is 2.72. The number of hydrogen-bond donors (Lipinski definition) is 3. The van der Waals surface area contributed by atoms with E-state index in [1.54, 1.807) is 0 Å². The summed E-state index contributed by atoms with van der Waals surface area (Å²) in [5, 5.41) is 5.66. The first-order valence-corrected chi connectivity index (χ1v) is 5.54. The Labute approximate surface area is 85.6 Å². The first-order chi connectivity index (χ1) is 6.74. The molecule has 4 N–H and O–H groups in total. The minimum atomic E-state index is -0.0881. The van der Waals surface area contributed by atoms with Crippen LogP contribution >= 0.6 is 0 Å². The highest BCUT2D eigenvalue weighted by Crippen LogP contribution is 2.16. The lowest BCUT2D eigenvalue weighted by Crippen LogP contribution is -2.50. The van der Waals surface area contributed by atoms with Crippen molar-refractivity contribution >= 4 is 6.03 Å². The van der Waals surface area contributed by atoms with Crippen LogP contribution in [0.2, 0.25) is 0 Å². The summed E-state index contributed by atoms with van der Waals surface area (Å²) in [6.45, 7) is 2.57. The van der Waals surface area contributed by atoms with Crippen LogP contribution in [-0.2, 0) is 0 Å². The normalized spacial score (nSPS) is 27.9. The van der Waals surface area contributed by atoms with Crippen molar-refractivity contribution in [2.24, 2.45) is 5.73 Å². The molecule has 2 unspecified atom stereocenters. The second-order valence-electron chi connectivity index (χ2n) is 3.91. The van der Waals surface area contributed by atoms with Crippen LogP contribution in [0.4, 0.5) is 4.79 Å². The fourth-order valence-corrected chi connectivity index (χ4v) is 1.90. The molecule has 1 fully saturated rings. The average molecular weight is 199 g/mol. The highest BCUT2D eigenvalue weighted by Gasteiger charge is 2.21. The molecular weight excluding hydrogens is 178 g/mol. The number of amides is 2. The molecule has 2 atom stereocenters. The number of rotatable bonds is 2. The van der Waals surface area contributed by atoms with Crippen molar-refractivity contribution in [2.75, 3.05) is 6.54 Å². The average Bonchev–Trinajstić information content (AvgIpc) is 2.33. The zero-order chi connectivity index (χ0) is 10.4. The first kappa shape index (κ1) is 11.3. The number of carbonyl (C=O) groups is 1. The van der Waals surface area contributed by atoms with Crippen molar-refractivity contribution in [1.82, 2.24) is 10.6 Å². The number of carbonyl (C=O) groups excluding carboxylic acids is 1. The summed E-state index contributed by atoms with van der Waals surface area (Å²) in [5.74, 6) is 0. The molecule has 1 saturated carbocycles. The maximum Gasteiger partial charge on any atom is 0.315 e. The van der Waals surface area contributed by atoms with Crippen LogP contribution in [0.15, 0.2) is 0 Å². The van der Waals surface area contributed by atoms with E-state index in [0.717, 1.165) is 12.8 Å². The van der Waals surface area contributed by atoms with Gasteiger partial charge in [-0.2, -0.15) is 0 Å². The van der Waals surface area contributed by atoms with Gasteiger partial charge in [-0.05, 0) is 19.8 Å². The Bertz CT molecular complexity index is 184. The molecule has 1 aliphatic carbocycles. The molecule has 0 heterocycles. The summed E-state index contributed by atoms with van der Waals surface area (Å²) >= 11 is 0. The molecule has 0 bridgehead atoms. The Morgan fingerprint density at radius 2 is 2.07 bits per heavy atom. The van der Waals surface area contributed by atoms with E-state index in [4.69, 9.17) is 5.73 Å². The Morgan fingerprint density at radius 1 is 1.36 bits per heavy atom. The van der Waals surface area contributed by atoms with Gasteiger partial charge < -0.3 is 16.4 Å². The first-order valence-electron chi connectivity index (χ1n) is 5.54. The highest BCUT2D eigenvalue weighted by atomic mass is 16.2. The quantitative estimate of drug-likeness (QED) is 0.580.